The summed E-state index contributed by atoms with van der Waals surface area (Å²) in [5.41, 5.74) is 8.01. The minimum Gasteiger partial charge on any atom is -0.487 e. The predicted octanol–water partition coefficient (Wildman–Crippen LogP) is 5.59. The van der Waals surface area contributed by atoms with Crippen molar-refractivity contribution in [3.63, 3.8) is 0 Å². The minimum atomic E-state index is -0.821. The molecule has 1 unspecified atom stereocenters. The molecule has 0 saturated heterocycles. The topological polar surface area (TPSA) is 90.9 Å². The van der Waals surface area contributed by atoms with Gasteiger partial charge in [-0.05, 0) is 86.1 Å². The lowest BCUT2D eigenvalue weighted by atomic mass is 9.96. The molecule has 1 aliphatic rings. The highest BCUT2D eigenvalue weighted by atomic mass is 32.1. The fourth-order valence-corrected chi connectivity index (χ4v) is 5.76. The molecule has 2 aromatic carbocycles. The number of fused-ring (bicyclic) bond motifs is 1. The fraction of sp³-hybridized carbons (Fsp3) is 0.400. The van der Waals surface area contributed by atoms with Crippen LogP contribution in [0, 0.1) is 5.92 Å². The van der Waals surface area contributed by atoms with Crippen LogP contribution in [0.2, 0.25) is 0 Å². The molecule has 0 spiro atoms. The van der Waals surface area contributed by atoms with E-state index < -0.39 is 5.60 Å². The highest BCUT2D eigenvalue weighted by Gasteiger charge is 2.29. The zero-order valence-electron chi connectivity index (χ0n) is 22.6. The Hall–Kier alpha value is -3.56. The first-order chi connectivity index (χ1) is 18.8. The van der Waals surface area contributed by atoms with Gasteiger partial charge < -0.3 is 14.4 Å². The summed E-state index contributed by atoms with van der Waals surface area (Å²) in [5.74, 6) is 1.56. The summed E-state index contributed by atoms with van der Waals surface area (Å²) >= 11 is 1.58. The summed E-state index contributed by atoms with van der Waals surface area (Å²) in [6, 6.07) is 15.0. The molecule has 1 N–H and O–H groups in total. The van der Waals surface area contributed by atoms with E-state index in [4.69, 9.17) is 4.74 Å². The molecule has 9 heteroatoms. The monoisotopic (exact) mass is 542 g/mol. The number of benzene rings is 2. The van der Waals surface area contributed by atoms with E-state index >= 15 is 0 Å². The summed E-state index contributed by atoms with van der Waals surface area (Å²) in [6.07, 6.45) is 5.63. The average molecular weight is 543 g/mol. The molecule has 8 nitrogen and oxygen atoms in total. The highest BCUT2D eigenvalue weighted by molar-refractivity contribution is 7.07. The lowest BCUT2D eigenvalue weighted by Gasteiger charge is -2.21. The van der Waals surface area contributed by atoms with E-state index in [1.54, 1.807) is 16.1 Å². The second-order valence-electron chi connectivity index (χ2n) is 11.3. The number of aromatic nitrogens is 6. The first kappa shape index (κ1) is 25.7. The molecule has 1 aliphatic carbocycles. The Bertz CT molecular complexity index is 1530. The molecule has 202 valence electrons. The molecule has 1 saturated carbocycles. The van der Waals surface area contributed by atoms with Crippen LogP contribution in [0.4, 0.5) is 0 Å². The molecular weight excluding hydrogens is 508 g/mol. The standard InChI is InChI=1S/C30H34N6O2S/c1-20(36-33-18-32-34-36)23-8-6-22(7-9-23)15-35-28-11-10-25(38-16-24-17-39-19-31-24)13-27(28)26(12-21-4-5-21)29(35)14-30(2,3)37/h6-11,13,17-21,37H,4-5,12,14-16H2,1-3H3. The zero-order chi connectivity index (χ0) is 27.0. The molecule has 6 rings (SSSR count). The normalized spacial score (nSPS) is 14.7. The quantitative estimate of drug-likeness (QED) is 0.234. The Kier molecular flexibility index (Phi) is 6.95. The summed E-state index contributed by atoms with van der Waals surface area (Å²) in [4.78, 5) is 5.97. The van der Waals surface area contributed by atoms with Gasteiger partial charge in [-0.2, -0.15) is 4.80 Å². The Morgan fingerprint density at radius 2 is 1.97 bits per heavy atom. The van der Waals surface area contributed by atoms with Crippen LogP contribution in [0.5, 0.6) is 5.75 Å². The van der Waals surface area contributed by atoms with Crippen LogP contribution >= 0.6 is 11.3 Å². The van der Waals surface area contributed by atoms with E-state index in [1.807, 2.05) is 24.7 Å². The molecule has 1 atom stereocenters. The van der Waals surface area contributed by atoms with Crippen molar-refractivity contribution in [2.24, 2.45) is 5.92 Å². The third-order valence-electron chi connectivity index (χ3n) is 7.43. The molecule has 1 fully saturated rings. The Balaban J connectivity index is 1.36. The number of rotatable bonds is 11. The van der Waals surface area contributed by atoms with E-state index in [9.17, 15) is 5.11 Å². The van der Waals surface area contributed by atoms with Gasteiger partial charge in [0, 0.05) is 34.9 Å². The lowest BCUT2D eigenvalue weighted by molar-refractivity contribution is 0.0789. The molecule has 0 bridgehead atoms. The zero-order valence-corrected chi connectivity index (χ0v) is 23.4. The number of nitrogens with zero attached hydrogens (tertiary/aromatic N) is 6. The molecule has 3 aromatic heterocycles. The van der Waals surface area contributed by atoms with Crippen molar-refractivity contribution in [2.75, 3.05) is 0 Å². The number of thiazole rings is 1. The second kappa shape index (κ2) is 10.5. The molecule has 39 heavy (non-hydrogen) atoms. The first-order valence-corrected chi connectivity index (χ1v) is 14.5. The molecule has 3 heterocycles. The molecule has 5 aromatic rings. The predicted molar refractivity (Wildman–Crippen MR) is 152 cm³/mol. The molecule has 0 amide bonds. The fourth-order valence-electron chi connectivity index (χ4n) is 5.21. The van der Waals surface area contributed by atoms with E-state index in [1.165, 1.54) is 46.9 Å². The maximum atomic E-state index is 10.9. The summed E-state index contributed by atoms with van der Waals surface area (Å²) in [5, 5.41) is 26.2. The van der Waals surface area contributed by atoms with E-state index in [0.717, 1.165) is 35.9 Å². The molecular formula is C30H34N6O2S. The summed E-state index contributed by atoms with van der Waals surface area (Å²) in [7, 11) is 0. The summed E-state index contributed by atoms with van der Waals surface area (Å²) in [6.45, 7) is 7.04. The maximum Gasteiger partial charge on any atom is 0.162 e. The van der Waals surface area contributed by atoms with Gasteiger partial charge in [0.2, 0.25) is 0 Å². The van der Waals surface area contributed by atoms with Crippen molar-refractivity contribution < 1.29 is 9.84 Å². The SMILES string of the molecule is CC(c1ccc(Cn2c(CC(C)(C)O)c(CC3CC3)c3cc(OCc4cscn4)ccc32)cc1)n1ncnn1. The van der Waals surface area contributed by atoms with Crippen molar-refractivity contribution in [1.82, 2.24) is 29.8 Å². The van der Waals surface area contributed by atoms with Crippen molar-refractivity contribution in [2.45, 2.75) is 71.2 Å². The average Bonchev–Trinajstić information content (AvgIpc) is 3.28. The van der Waals surface area contributed by atoms with E-state index in [-0.39, 0.29) is 6.04 Å². The highest BCUT2D eigenvalue weighted by Crippen LogP contribution is 2.39. The van der Waals surface area contributed by atoms with Crippen molar-refractivity contribution in [3.8, 4) is 5.75 Å². The third kappa shape index (κ3) is 5.89. The van der Waals surface area contributed by atoms with Gasteiger partial charge in [0.1, 0.15) is 12.4 Å². The smallest absolute Gasteiger partial charge is 0.162 e. The van der Waals surface area contributed by atoms with Gasteiger partial charge in [0.25, 0.3) is 0 Å². The minimum absolute atomic E-state index is 0.00699. The number of hydrogen-bond acceptors (Lipinski definition) is 7. The number of aliphatic hydroxyl groups is 1. The van der Waals surface area contributed by atoms with Gasteiger partial charge in [0.05, 0.1) is 22.8 Å². The summed E-state index contributed by atoms with van der Waals surface area (Å²) < 4.78 is 8.53. The number of tetrazole rings is 1. The van der Waals surface area contributed by atoms with Crippen molar-refractivity contribution in [3.05, 3.63) is 87.8 Å². The van der Waals surface area contributed by atoms with Gasteiger partial charge >= 0.3 is 0 Å². The largest absolute Gasteiger partial charge is 0.487 e. The third-order valence-corrected chi connectivity index (χ3v) is 8.07. The van der Waals surface area contributed by atoms with Gasteiger partial charge in [0.15, 0.2) is 6.33 Å². The number of ether oxygens (including phenoxy) is 1. The number of hydrogen-bond donors (Lipinski definition) is 1. The van der Waals surface area contributed by atoms with Crippen LogP contribution in [0.1, 0.15) is 67.7 Å². The van der Waals surface area contributed by atoms with Gasteiger partial charge in [-0.15, -0.1) is 21.5 Å². The van der Waals surface area contributed by atoms with E-state index in [0.29, 0.717) is 13.0 Å². The maximum absolute atomic E-state index is 10.9. The van der Waals surface area contributed by atoms with Gasteiger partial charge in [-0.3, -0.25) is 0 Å². The van der Waals surface area contributed by atoms with Crippen LogP contribution < -0.4 is 4.74 Å². The Labute approximate surface area is 232 Å². The van der Waals surface area contributed by atoms with Crippen LogP contribution in [0.15, 0.2) is 59.7 Å². The lowest BCUT2D eigenvalue weighted by Crippen LogP contribution is -2.25. The van der Waals surface area contributed by atoms with Crippen LogP contribution in [-0.4, -0.2) is 40.5 Å². The molecule has 0 radical (unpaired) electrons. The van der Waals surface area contributed by atoms with Crippen LogP contribution in [-0.2, 0) is 26.0 Å². The van der Waals surface area contributed by atoms with Crippen molar-refractivity contribution >= 4 is 22.2 Å². The Morgan fingerprint density at radius 3 is 2.64 bits per heavy atom. The van der Waals surface area contributed by atoms with Crippen LogP contribution in [0.25, 0.3) is 10.9 Å². The van der Waals surface area contributed by atoms with Crippen LogP contribution in [0.3, 0.4) is 0 Å². The van der Waals surface area contributed by atoms with Crippen molar-refractivity contribution in [1.29, 1.82) is 0 Å². The van der Waals surface area contributed by atoms with Gasteiger partial charge in [-0.25, -0.2) is 4.98 Å². The Morgan fingerprint density at radius 1 is 1.15 bits per heavy atom. The van der Waals surface area contributed by atoms with E-state index in [2.05, 4.69) is 74.4 Å². The van der Waals surface area contributed by atoms with Gasteiger partial charge in [-0.1, -0.05) is 24.3 Å². The second-order valence-corrected chi connectivity index (χ2v) is 12.0. The molecule has 0 aliphatic heterocycles. The first-order valence-electron chi connectivity index (χ1n) is 13.5.